The Morgan fingerprint density at radius 1 is 1.56 bits per heavy atom. The van der Waals surface area contributed by atoms with E-state index >= 15 is 0 Å². The fourth-order valence-electron chi connectivity index (χ4n) is 1.89. The monoisotopic (exact) mass is 227 g/mol. The van der Waals surface area contributed by atoms with Gasteiger partial charge < -0.3 is 9.80 Å². The van der Waals surface area contributed by atoms with E-state index in [1.54, 1.807) is 0 Å². The van der Waals surface area contributed by atoms with Crippen LogP contribution in [0.3, 0.4) is 0 Å². The molecule has 4 heteroatoms. The minimum absolute atomic E-state index is 0.0388. The van der Waals surface area contributed by atoms with Crippen molar-refractivity contribution < 1.29 is 4.79 Å². The Labute approximate surface area is 99.0 Å². The molecular weight excluding hydrogens is 202 g/mol. The molecule has 0 bridgehead atoms. The molecule has 94 valence electrons. The highest BCUT2D eigenvalue weighted by Crippen LogP contribution is 2.14. The van der Waals surface area contributed by atoms with Crippen molar-refractivity contribution in [2.45, 2.75) is 33.2 Å². The lowest BCUT2D eigenvalue weighted by molar-refractivity contribution is -0.129. The van der Waals surface area contributed by atoms with E-state index in [-0.39, 0.29) is 11.9 Å². The Morgan fingerprint density at radius 3 is 2.81 bits per heavy atom. The zero-order chi connectivity index (χ0) is 12.1. The molecule has 1 heterocycles. The molecule has 4 nitrogen and oxygen atoms in total. The SMILES string of the molecule is CCC(C)C1NCN(CCN(C)CC)C1=O. The Balaban J connectivity index is 2.39. The summed E-state index contributed by atoms with van der Waals surface area (Å²) < 4.78 is 0. The van der Waals surface area contributed by atoms with Crippen LogP contribution in [0.15, 0.2) is 0 Å². The number of likely N-dealkylation sites (N-methyl/N-ethyl adjacent to an activating group) is 1. The van der Waals surface area contributed by atoms with Gasteiger partial charge in [0.1, 0.15) is 0 Å². The normalized spacial score (nSPS) is 23.2. The van der Waals surface area contributed by atoms with Crippen molar-refractivity contribution in [3.05, 3.63) is 0 Å². The van der Waals surface area contributed by atoms with Crippen LogP contribution in [0.2, 0.25) is 0 Å². The number of amides is 1. The minimum Gasteiger partial charge on any atom is -0.327 e. The second kappa shape index (κ2) is 6.21. The number of carbonyl (C=O) groups excluding carboxylic acids is 1. The van der Waals surface area contributed by atoms with Crippen molar-refractivity contribution in [1.29, 1.82) is 0 Å². The summed E-state index contributed by atoms with van der Waals surface area (Å²) in [7, 11) is 2.08. The fourth-order valence-corrected chi connectivity index (χ4v) is 1.89. The largest absolute Gasteiger partial charge is 0.327 e. The first-order valence-electron chi connectivity index (χ1n) is 6.30. The molecule has 1 aliphatic rings. The van der Waals surface area contributed by atoms with Crippen molar-refractivity contribution in [2.24, 2.45) is 5.92 Å². The highest BCUT2D eigenvalue weighted by Gasteiger charge is 2.33. The van der Waals surface area contributed by atoms with Crippen molar-refractivity contribution in [1.82, 2.24) is 15.1 Å². The maximum absolute atomic E-state index is 12.1. The molecule has 1 fully saturated rings. The predicted octanol–water partition coefficient (Wildman–Crippen LogP) is 0.742. The number of hydrogen-bond acceptors (Lipinski definition) is 3. The molecule has 0 saturated carbocycles. The zero-order valence-electron chi connectivity index (χ0n) is 11.0. The zero-order valence-corrected chi connectivity index (χ0v) is 11.0. The molecule has 1 saturated heterocycles. The van der Waals surface area contributed by atoms with Gasteiger partial charge in [0.15, 0.2) is 0 Å². The Hall–Kier alpha value is -0.610. The van der Waals surface area contributed by atoms with E-state index in [4.69, 9.17) is 0 Å². The quantitative estimate of drug-likeness (QED) is 0.727. The van der Waals surface area contributed by atoms with E-state index in [1.807, 2.05) is 4.90 Å². The molecule has 2 unspecified atom stereocenters. The summed E-state index contributed by atoms with van der Waals surface area (Å²) in [6, 6.07) is 0.0388. The van der Waals surface area contributed by atoms with Gasteiger partial charge in [0.2, 0.25) is 5.91 Å². The second-order valence-corrected chi connectivity index (χ2v) is 4.72. The van der Waals surface area contributed by atoms with Crippen LogP contribution in [0.4, 0.5) is 0 Å². The summed E-state index contributed by atoms with van der Waals surface area (Å²) >= 11 is 0. The van der Waals surface area contributed by atoms with E-state index in [0.29, 0.717) is 12.6 Å². The van der Waals surface area contributed by atoms with Crippen molar-refractivity contribution >= 4 is 5.91 Å². The first kappa shape index (κ1) is 13.5. The van der Waals surface area contributed by atoms with Crippen LogP contribution in [0.5, 0.6) is 0 Å². The predicted molar refractivity (Wildman–Crippen MR) is 66.1 cm³/mol. The summed E-state index contributed by atoms with van der Waals surface area (Å²) in [6.45, 7) is 9.94. The summed E-state index contributed by atoms with van der Waals surface area (Å²) in [5, 5.41) is 3.31. The van der Waals surface area contributed by atoms with Gasteiger partial charge in [-0.05, 0) is 19.5 Å². The van der Waals surface area contributed by atoms with Gasteiger partial charge in [-0.1, -0.05) is 27.2 Å². The molecule has 16 heavy (non-hydrogen) atoms. The van der Waals surface area contributed by atoms with Crippen molar-refractivity contribution in [3.8, 4) is 0 Å². The van der Waals surface area contributed by atoms with Crippen LogP contribution in [0, 0.1) is 5.92 Å². The van der Waals surface area contributed by atoms with E-state index in [9.17, 15) is 4.79 Å². The number of rotatable bonds is 6. The van der Waals surface area contributed by atoms with Gasteiger partial charge in [0, 0.05) is 13.1 Å². The standard InChI is InChI=1S/C12H25N3O/c1-5-10(3)11-12(16)15(9-13-11)8-7-14(4)6-2/h10-11,13H,5-9H2,1-4H3. The second-order valence-electron chi connectivity index (χ2n) is 4.72. The van der Waals surface area contributed by atoms with Crippen LogP contribution in [0.1, 0.15) is 27.2 Å². The molecule has 0 radical (unpaired) electrons. The van der Waals surface area contributed by atoms with Gasteiger partial charge in [0.25, 0.3) is 0 Å². The number of carbonyl (C=O) groups is 1. The molecule has 1 aliphatic heterocycles. The minimum atomic E-state index is 0.0388. The number of nitrogens with one attached hydrogen (secondary N) is 1. The third-order valence-corrected chi connectivity index (χ3v) is 3.58. The van der Waals surface area contributed by atoms with E-state index in [1.165, 1.54) is 0 Å². The Morgan fingerprint density at radius 2 is 2.25 bits per heavy atom. The van der Waals surface area contributed by atoms with Crippen molar-refractivity contribution in [3.63, 3.8) is 0 Å². The maximum atomic E-state index is 12.1. The Bertz CT molecular complexity index is 232. The molecule has 0 spiro atoms. The average Bonchev–Trinajstić information content (AvgIpc) is 2.66. The number of hydrogen-bond donors (Lipinski definition) is 1. The van der Waals surface area contributed by atoms with Gasteiger partial charge in [-0.3, -0.25) is 10.1 Å². The average molecular weight is 227 g/mol. The third kappa shape index (κ3) is 3.19. The lowest BCUT2D eigenvalue weighted by Gasteiger charge is -2.21. The molecule has 1 rings (SSSR count). The van der Waals surface area contributed by atoms with E-state index in [2.05, 4.69) is 38.0 Å². The lowest BCUT2D eigenvalue weighted by atomic mass is 9.99. The fraction of sp³-hybridized carbons (Fsp3) is 0.917. The molecule has 0 aromatic carbocycles. The topological polar surface area (TPSA) is 35.6 Å². The van der Waals surface area contributed by atoms with Gasteiger partial charge >= 0.3 is 0 Å². The van der Waals surface area contributed by atoms with Crippen LogP contribution in [-0.4, -0.2) is 55.1 Å². The highest BCUT2D eigenvalue weighted by molar-refractivity contribution is 5.84. The van der Waals surface area contributed by atoms with Crippen LogP contribution < -0.4 is 5.32 Å². The molecule has 1 N–H and O–H groups in total. The highest BCUT2D eigenvalue weighted by atomic mass is 16.2. The first-order valence-corrected chi connectivity index (χ1v) is 6.30. The van der Waals surface area contributed by atoms with Crippen molar-refractivity contribution in [2.75, 3.05) is 33.4 Å². The van der Waals surface area contributed by atoms with Gasteiger partial charge in [0.05, 0.1) is 12.7 Å². The van der Waals surface area contributed by atoms with Gasteiger partial charge in [-0.2, -0.15) is 0 Å². The Kier molecular flexibility index (Phi) is 5.22. The maximum Gasteiger partial charge on any atom is 0.241 e. The number of nitrogens with zero attached hydrogens (tertiary/aromatic N) is 2. The van der Waals surface area contributed by atoms with Crippen LogP contribution >= 0.6 is 0 Å². The summed E-state index contributed by atoms with van der Waals surface area (Å²) in [5.74, 6) is 0.709. The molecule has 1 amide bonds. The summed E-state index contributed by atoms with van der Waals surface area (Å²) in [6.07, 6.45) is 1.05. The van der Waals surface area contributed by atoms with Gasteiger partial charge in [-0.25, -0.2) is 0 Å². The molecule has 2 atom stereocenters. The summed E-state index contributed by atoms with van der Waals surface area (Å²) in [4.78, 5) is 16.2. The van der Waals surface area contributed by atoms with Crippen LogP contribution in [0.25, 0.3) is 0 Å². The first-order chi connectivity index (χ1) is 7.60. The smallest absolute Gasteiger partial charge is 0.241 e. The van der Waals surface area contributed by atoms with Crippen LogP contribution in [-0.2, 0) is 4.79 Å². The van der Waals surface area contributed by atoms with E-state index < -0.39 is 0 Å². The lowest BCUT2D eigenvalue weighted by Crippen LogP contribution is -2.38. The molecule has 0 aliphatic carbocycles. The third-order valence-electron chi connectivity index (χ3n) is 3.58. The molecule has 0 aromatic heterocycles. The molecular formula is C12H25N3O. The van der Waals surface area contributed by atoms with E-state index in [0.717, 1.165) is 26.1 Å². The summed E-state index contributed by atoms with van der Waals surface area (Å²) in [5.41, 5.74) is 0. The van der Waals surface area contributed by atoms with Gasteiger partial charge in [-0.15, -0.1) is 0 Å². The molecule has 0 aromatic rings.